The number of hydrogen-bond donors (Lipinski definition) is 0. The molecule has 0 unspecified atom stereocenters. The van der Waals surface area contributed by atoms with Crippen LogP contribution in [0.4, 0.5) is 5.95 Å². The van der Waals surface area contributed by atoms with E-state index in [4.69, 9.17) is 5.26 Å². The average molecular weight is 308 g/mol. The molecule has 0 spiro atoms. The Hall–Kier alpha value is -2.75. The maximum absolute atomic E-state index is 13.3. The van der Waals surface area contributed by atoms with Crippen molar-refractivity contribution in [1.29, 1.82) is 5.26 Å². The van der Waals surface area contributed by atoms with Gasteiger partial charge in [0, 0.05) is 13.1 Å². The summed E-state index contributed by atoms with van der Waals surface area (Å²) >= 11 is 0. The highest BCUT2D eigenvalue weighted by molar-refractivity contribution is 6.01. The highest BCUT2D eigenvalue weighted by Gasteiger charge is 2.49. The normalized spacial score (nSPS) is 18.7. The van der Waals surface area contributed by atoms with Crippen LogP contribution in [0.3, 0.4) is 0 Å². The molecule has 4 rings (SSSR count). The maximum Gasteiger partial charge on any atom is 0.252 e. The van der Waals surface area contributed by atoms with Gasteiger partial charge in [0.25, 0.3) is 5.95 Å². The average Bonchev–Trinajstić information content (AvgIpc) is 3.02. The second-order valence-corrected chi connectivity index (χ2v) is 6.14. The molecule has 1 fully saturated rings. The van der Waals surface area contributed by atoms with Crippen LogP contribution in [0.15, 0.2) is 24.3 Å². The summed E-state index contributed by atoms with van der Waals surface area (Å²) in [5.41, 5.74) is 0.975. The Bertz CT molecular complexity index is 801. The highest BCUT2D eigenvalue weighted by atomic mass is 16.2. The summed E-state index contributed by atoms with van der Waals surface area (Å²) in [6, 6.07) is 9.56. The molecule has 7 nitrogen and oxygen atoms in total. The van der Waals surface area contributed by atoms with Crippen LogP contribution < -0.4 is 4.90 Å². The predicted octanol–water partition coefficient (Wildman–Crippen LogP) is 1.40. The second kappa shape index (κ2) is 5.16. The number of carbonyl (C=O) groups excluding carboxylic acids is 1. The van der Waals surface area contributed by atoms with Gasteiger partial charge >= 0.3 is 0 Å². The zero-order valence-corrected chi connectivity index (χ0v) is 12.6. The summed E-state index contributed by atoms with van der Waals surface area (Å²) in [5, 5.41) is 20.8. The number of rotatable bonds is 2. The summed E-state index contributed by atoms with van der Waals surface area (Å²) in [4.78, 5) is 15.0. The Morgan fingerprint density at radius 2 is 2.13 bits per heavy atom. The van der Waals surface area contributed by atoms with E-state index in [1.807, 2.05) is 18.2 Å². The summed E-state index contributed by atoms with van der Waals surface area (Å²) in [6.07, 6.45) is 3.47. The molecule has 0 atom stereocenters. The number of carbonyl (C=O) groups is 1. The van der Waals surface area contributed by atoms with Crippen LogP contribution in [0.5, 0.6) is 0 Å². The van der Waals surface area contributed by atoms with E-state index in [0.717, 1.165) is 37.8 Å². The molecule has 0 saturated heterocycles. The van der Waals surface area contributed by atoms with Crippen LogP contribution in [-0.2, 0) is 16.8 Å². The van der Waals surface area contributed by atoms with Crippen molar-refractivity contribution in [3.8, 4) is 6.07 Å². The number of hydrogen-bond acceptors (Lipinski definition) is 5. The molecular weight excluding hydrogens is 292 g/mol. The number of aryl methyl sites for hydroxylation is 1. The molecule has 1 aromatic heterocycles. The lowest BCUT2D eigenvalue weighted by molar-refractivity contribution is -0.127. The quantitative estimate of drug-likeness (QED) is 0.837. The van der Waals surface area contributed by atoms with E-state index in [1.54, 1.807) is 15.6 Å². The van der Waals surface area contributed by atoms with Gasteiger partial charge in [0.2, 0.25) is 5.91 Å². The molecule has 2 aliphatic rings. The van der Waals surface area contributed by atoms with E-state index in [-0.39, 0.29) is 5.91 Å². The van der Waals surface area contributed by atoms with E-state index in [9.17, 15) is 4.79 Å². The van der Waals surface area contributed by atoms with Gasteiger partial charge in [-0.1, -0.05) is 23.7 Å². The van der Waals surface area contributed by atoms with Crippen molar-refractivity contribution in [1.82, 2.24) is 20.2 Å². The fourth-order valence-electron chi connectivity index (χ4n) is 3.51. The molecule has 1 aliphatic carbocycles. The van der Waals surface area contributed by atoms with Gasteiger partial charge < -0.3 is 0 Å². The second-order valence-electron chi connectivity index (χ2n) is 6.14. The Morgan fingerprint density at radius 1 is 1.26 bits per heavy atom. The molecule has 0 radical (unpaired) electrons. The van der Waals surface area contributed by atoms with Crippen molar-refractivity contribution in [2.45, 2.75) is 37.6 Å². The zero-order valence-electron chi connectivity index (χ0n) is 12.6. The topological polar surface area (TPSA) is 87.7 Å². The fourth-order valence-corrected chi connectivity index (χ4v) is 3.51. The molecule has 2 heterocycles. The Morgan fingerprint density at radius 3 is 2.87 bits per heavy atom. The van der Waals surface area contributed by atoms with Crippen molar-refractivity contribution >= 4 is 11.9 Å². The Kier molecular flexibility index (Phi) is 3.11. The molecule has 1 saturated carbocycles. The number of benzene rings is 1. The fraction of sp³-hybridized carbons (Fsp3) is 0.438. The highest BCUT2D eigenvalue weighted by Crippen LogP contribution is 2.46. The smallest absolute Gasteiger partial charge is 0.252 e. The van der Waals surface area contributed by atoms with Gasteiger partial charge in [-0.05, 0) is 47.4 Å². The summed E-state index contributed by atoms with van der Waals surface area (Å²) < 4.78 is 1.68. The molecule has 1 amide bonds. The summed E-state index contributed by atoms with van der Waals surface area (Å²) in [5.74, 6) is 0.582. The predicted molar refractivity (Wildman–Crippen MR) is 81.5 cm³/mol. The number of tetrazole rings is 1. The van der Waals surface area contributed by atoms with E-state index in [2.05, 4.69) is 21.6 Å². The van der Waals surface area contributed by atoms with Crippen LogP contribution in [0.2, 0.25) is 0 Å². The first-order valence-corrected chi connectivity index (χ1v) is 7.83. The number of anilines is 1. The van der Waals surface area contributed by atoms with E-state index in [0.29, 0.717) is 18.1 Å². The van der Waals surface area contributed by atoms with Crippen LogP contribution in [-0.4, -0.2) is 32.7 Å². The van der Waals surface area contributed by atoms with Crippen LogP contribution in [0, 0.1) is 11.3 Å². The lowest BCUT2D eigenvalue weighted by atomic mass is 9.63. The number of aromatic nitrogens is 4. The number of nitrogens with zero attached hydrogens (tertiary/aromatic N) is 6. The van der Waals surface area contributed by atoms with Gasteiger partial charge in [-0.3, -0.25) is 9.69 Å². The molecule has 1 aromatic carbocycles. The Labute approximate surface area is 133 Å². The first-order valence-electron chi connectivity index (χ1n) is 7.83. The van der Waals surface area contributed by atoms with Gasteiger partial charge in [0.05, 0.1) is 17.0 Å². The van der Waals surface area contributed by atoms with E-state index < -0.39 is 5.41 Å². The molecule has 23 heavy (non-hydrogen) atoms. The summed E-state index contributed by atoms with van der Waals surface area (Å²) in [6.45, 7) is 1.38. The van der Waals surface area contributed by atoms with Crippen molar-refractivity contribution in [3.05, 3.63) is 35.4 Å². The van der Waals surface area contributed by atoms with Crippen LogP contribution >= 0.6 is 0 Å². The monoisotopic (exact) mass is 308 g/mol. The van der Waals surface area contributed by atoms with Gasteiger partial charge in [-0.2, -0.15) is 5.26 Å². The lowest BCUT2D eigenvalue weighted by Crippen LogP contribution is -2.53. The SMILES string of the molecule is N#Cc1cccc(C2(C(=O)N3CCCn4nnnc43)CCC2)c1. The van der Waals surface area contributed by atoms with E-state index in [1.165, 1.54) is 0 Å². The minimum Gasteiger partial charge on any atom is -0.279 e. The molecule has 116 valence electrons. The minimum absolute atomic E-state index is 0.0505. The molecule has 0 bridgehead atoms. The molecule has 1 aliphatic heterocycles. The lowest BCUT2D eigenvalue weighted by Gasteiger charge is -2.44. The standard InChI is InChI=1S/C16H16N6O/c17-11-12-4-1-5-13(10-12)16(6-2-7-16)14(23)21-8-3-9-22-15(21)18-19-20-22/h1,4-5,10H,2-3,6-9H2. The van der Waals surface area contributed by atoms with Gasteiger partial charge in [0.1, 0.15) is 0 Å². The molecule has 0 N–H and O–H groups in total. The van der Waals surface area contributed by atoms with Gasteiger partial charge in [0.15, 0.2) is 0 Å². The molecular formula is C16H16N6O. The van der Waals surface area contributed by atoms with Crippen molar-refractivity contribution in [3.63, 3.8) is 0 Å². The van der Waals surface area contributed by atoms with Gasteiger partial charge in [-0.15, -0.1) is 0 Å². The van der Waals surface area contributed by atoms with Crippen molar-refractivity contribution < 1.29 is 4.79 Å². The number of nitriles is 1. The Balaban J connectivity index is 1.73. The van der Waals surface area contributed by atoms with Crippen LogP contribution in [0.1, 0.15) is 36.8 Å². The van der Waals surface area contributed by atoms with Crippen molar-refractivity contribution in [2.75, 3.05) is 11.4 Å². The number of amides is 1. The third kappa shape index (κ3) is 2.02. The summed E-state index contributed by atoms with van der Waals surface area (Å²) in [7, 11) is 0. The first kappa shape index (κ1) is 13.9. The molecule has 7 heteroatoms. The van der Waals surface area contributed by atoms with Crippen LogP contribution in [0.25, 0.3) is 0 Å². The maximum atomic E-state index is 13.3. The van der Waals surface area contributed by atoms with Gasteiger partial charge in [-0.25, -0.2) is 4.68 Å². The van der Waals surface area contributed by atoms with E-state index >= 15 is 0 Å². The third-order valence-electron chi connectivity index (χ3n) is 4.91. The largest absolute Gasteiger partial charge is 0.279 e. The zero-order chi connectivity index (χ0) is 15.9. The number of fused-ring (bicyclic) bond motifs is 1. The van der Waals surface area contributed by atoms with Crippen molar-refractivity contribution in [2.24, 2.45) is 0 Å². The molecule has 2 aromatic rings. The minimum atomic E-state index is -0.541. The first-order chi connectivity index (χ1) is 11.2. The third-order valence-corrected chi connectivity index (χ3v) is 4.91.